The quantitative estimate of drug-likeness (QED) is 0.708. The van der Waals surface area contributed by atoms with E-state index in [2.05, 4.69) is 5.32 Å². The first-order valence-corrected chi connectivity index (χ1v) is 5.59. The zero-order valence-corrected chi connectivity index (χ0v) is 9.87. The summed E-state index contributed by atoms with van der Waals surface area (Å²) in [6.07, 6.45) is 0.745. The number of Topliss-reactive ketones (excluding diaryl/α,β-unsaturated/α-hetero) is 1. The van der Waals surface area contributed by atoms with Gasteiger partial charge in [0.25, 0.3) is 0 Å². The lowest BCUT2D eigenvalue weighted by Gasteiger charge is -2.36. The van der Waals surface area contributed by atoms with E-state index in [1.165, 1.54) is 0 Å². The molecule has 0 saturated carbocycles. The fourth-order valence-corrected chi connectivity index (χ4v) is 2.57. The Balaban J connectivity index is 2.46. The van der Waals surface area contributed by atoms with E-state index in [9.17, 15) is 14.4 Å². The Bertz CT molecular complexity index is 447. The van der Waals surface area contributed by atoms with Gasteiger partial charge in [0.1, 0.15) is 0 Å². The predicted molar refractivity (Wildman–Crippen MR) is 58.9 cm³/mol. The van der Waals surface area contributed by atoms with Gasteiger partial charge in [-0.3, -0.25) is 14.4 Å². The highest BCUT2D eigenvalue weighted by Gasteiger charge is 2.42. The van der Waals surface area contributed by atoms with Crippen molar-refractivity contribution in [3.63, 3.8) is 0 Å². The number of hydrogen-bond acceptors (Lipinski definition) is 3. The van der Waals surface area contributed by atoms with Crippen molar-refractivity contribution in [2.24, 2.45) is 11.3 Å². The van der Waals surface area contributed by atoms with Gasteiger partial charge in [-0.2, -0.15) is 0 Å². The van der Waals surface area contributed by atoms with E-state index in [1.807, 2.05) is 13.8 Å². The van der Waals surface area contributed by atoms with Crippen LogP contribution in [0.5, 0.6) is 0 Å². The number of nitrogens with one attached hydrogen (secondary N) is 1. The van der Waals surface area contributed by atoms with E-state index in [-0.39, 0.29) is 23.5 Å². The molecule has 0 fully saturated rings. The number of amides is 1. The lowest BCUT2D eigenvalue weighted by Crippen LogP contribution is -2.43. The zero-order chi connectivity index (χ0) is 12.8. The van der Waals surface area contributed by atoms with Crippen LogP contribution in [-0.2, 0) is 14.4 Å². The number of ketones is 1. The molecule has 5 nitrogen and oxygen atoms in total. The Morgan fingerprint density at radius 2 is 2.00 bits per heavy atom. The minimum absolute atomic E-state index is 0.139. The van der Waals surface area contributed by atoms with Gasteiger partial charge in [0.15, 0.2) is 5.78 Å². The van der Waals surface area contributed by atoms with Crippen molar-refractivity contribution in [1.29, 1.82) is 0 Å². The van der Waals surface area contributed by atoms with E-state index >= 15 is 0 Å². The van der Waals surface area contributed by atoms with E-state index in [4.69, 9.17) is 5.11 Å². The fraction of sp³-hybridized carbons (Fsp3) is 0.583. The Hall–Kier alpha value is -1.65. The van der Waals surface area contributed by atoms with Gasteiger partial charge in [-0.1, -0.05) is 13.8 Å². The molecule has 0 unspecified atom stereocenters. The SMILES string of the molecule is CC1(C)CC(=O)C2=C(C1)NC(=O)C[C@H]2C(=O)O. The fourth-order valence-electron chi connectivity index (χ4n) is 2.57. The molecule has 1 atom stereocenters. The Morgan fingerprint density at radius 1 is 1.35 bits per heavy atom. The van der Waals surface area contributed by atoms with Gasteiger partial charge in [0, 0.05) is 24.1 Å². The standard InChI is InChI=1S/C12H15NO4/c1-12(2)4-7-10(8(14)5-12)6(11(16)17)3-9(15)13-7/h6H,3-5H2,1-2H3,(H,13,15)(H,16,17)/t6-/m1/s1. The van der Waals surface area contributed by atoms with E-state index in [1.54, 1.807) is 0 Å². The van der Waals surface area contributed by atoms with Crippen LogP contribution in [0.15, 0.2) is 11.3 Å². The molecule has 0 aromatic heterocycles. The summed E-state index contributed by atoms with van der Waals surface area (Å²) in [5.41, 5.74) is 0.593. The van der Waals surface area contributed by atoms with Crippen molar-refractivity contribution in [1.82, 2.24) is 5.32 Å². The van der Waals surface area contributed by atoms with Gasteiger partial charge >= 0.3 is 5.97 Å². The summed E-state index contributed by atoms with van der Waals surface area (Å²) >= 11 is 0. The number of hydrogen-bond donors (Lipinski definition) is 2. The second kappa shape index (κ2) is 3.68. The van der Waals surface area contributed by atoms with Crippen molar-refractivity contribution in [3.8, 4) is 0 Å². The Kier molecular flexibility index (Phi) is 2.56. The zero-order valence-electron chi connectivity index (χ0n) is 9.87. The molecule has 0 saturated heterocycles. The number of aliphatic carboxylic acids is 1. The molecule has 0 bridgehead atoms. The molecule has 1 aliphatic carbocycles. The molecule has 2 rings (SSSR count). The van der Waals surface area contributed by atoms with Gasteiger partial charge in [0.2, 0.25) is 5.91 Å². The maximum absolute atomic E-state index is 12.0. The maximum atomic E-state index is 12.0. The lowest BCUT2D eigenvalue weighted by atomic mass is 9.71. The average Bonchev–Trinajstić information content (AvgIpc) is 2.12. The summed E-state index contributed by atoms with van der Waals surface area (Å²) in [7, 11) is 0. The highest BCUT2D eigenvalue weighted by Crippen LogP contribution is 2.40. The summed E-state index contributed by atoms with van der Waals surface area (Å²) < 4.78 is 0. The van der Waals surface area contributed by atoms with Crippen LogP contribution in [-0.4, -0.2) is 22.8 Å². The van der Waals surface area contributed by atoms with Gasteiger partial charge in [-0.25, -0.2) is 0 Å². The first kappa shape index (κ1) is 11.8. The van der Waals surface area contributed by atoms with Crippen molar-refractivity contribution in [3.05, 3.63) is 11.3 Å². The van der Waals surface area contributed by atoms with Crippen LogP contribution < -0.4 is 5.32 Å². The molecule has 2 aliphatic rings. The lowest BCUT2D eigenvalue weighted by molar-refractivity contribution is -0.144. The predicted octanol–water partition coefficient (Wildman–Crippen LogP) is 0.850. The van der Waals surface area contributed by atoms with Crippen LogP contribution in [0.2, 0.25) is 0 Å². The molecule has 92 valence electrons. The minimum atomic E-state index is -1.10. The van der Waals surface area contributed by atoms with Crippen molar-refractivity contribution in [2.45, 2.75) is 33.1 Å². The first-order valence-electron chi connectivity index (χ1n) is 5.59. The molecule has 0 spiro atoms. The molecule has 1 aliphatic heterocycles. The smallest absolute Gasteiger partial charge is 0.311 e. The molecular weight excluding hydrogens is 222 g/mol. The van der Waals surface area contributed by atoms with Crippen LogP contribution in [0.1, 0.15) is 33.1 Å². The van der Waals surface area contributed by atoms with Crippen LogP contribution in [0.25, 0.3) is 0 Å². The summed E-state index contributed by atoms with van der Waals surface area (Å²) in [6.45, 7) is 3.87. The van der Waals surface area contributed by atoms with Gasteiger partial charge in [0.05, 0.1) is 5.92 Å². The molecule has 0 aromatic carbocycles. The van der Waals surface area contributed by atoms with Crippen molar-refractivity contribution in [2.75, 3.05) is 0 Å². The molecule has 0 aromatic rings. The van der Waals surface area contributed by atoms with Crippen LogP contribution in [0.3, 0.4) is 0 Å². The number of carboxylic acids is 1. The normalized spacial score (nSPS) is 27.5. The molecule has 17 heavy (non-hydrogen) atoms. The van der Waals surface area contributed by atoms with Gasteiger partial charge in [-0.05, 0) is 11.8 Å². The second-order valence-corrected chi connectivity index (χ2v) is 5.48. The molecular formula is C12H15NO4. The van der Waals surface area contributed by atoms with Crippen molar-refractivity contribution >= 4 is 17.7 Å². The molecule has 0 radical (unpaired) electrons. The highest BCUT2D eigenvalue weighted by atomic mass is 16.4. The largest absolute Gasteiger partial charge is 0.481 e. The van der Waals surface area contributed by atoms with E-state index in [0.717, 1.165) is 0 Å². The molecule has 5 heteroatoms. The number of allylic oxidation sites excluding steroid dienone is 1. The number of carboxylic acid groups (broad SMARTS) is 1. The number of rotatable bonds is 1. The summed E-state index contributed by atoms with van der Waals surface area (Å²) in [6, 6.07) is 0. The van der Waals surface area contributed by atoms with E-state index < -0.39 is 11.9 Å². The number of carbonyl (C=O) groups is 3. The third kappa shape index (κ3) is 2.09. The van der Waals surface area contributed by atoms with Crippen LogP contribution in [0, 0.1) is 11.3 Å². The maximum Gasteiger partial charge on any atom is 0.311 e. The summed E-state index contributed by atoms with van der Waals surface area (Å²) in [4.78, 5) is 34.5. The van der Waals surface area contributed by atoms with Crippen LogP contribution in [0.4, 0.5) is 0 Å². The third-order valence-corrected chi connectivity index (χ3v) is 3.25. The van der Waals surface area contributed by atoms with Gasteiger partial charge < -0.3 is 10.4 Å². The van der Waals surface area contributed by atoms with E-state index in [0.29, 0.717) is 24.1 Å². The Morgan fingerprint density at radius 3 is 2.59 bits per heavy atom. The Labute approximate surface area is 98.9 Å². The monoisotopic (exact) mass is 237 g/mol. The third-order valence-electron chi connectivity index (χ3n) is 3.25. The molecule has 1 heterocycles. The number of carbonyl (C=O) groups excluding carboxylic acids is 2. The first-order chi connectivity index (χ1) is 7.80. The average molecular weight is 237 g/mol. The second-order valence-electron chi connectivity index (χ2n) is 5.48. The summed E-state index contributed by atoms with van der Waals surface area (Å²) in [5.74, 6) is -2.53. The van der Waals surface area contributed by atoms with Crippen molar-refractivity contribution < 1.29 is 19.5 Å². The minimum Gasteiger partial charge on any atom is -0.481 e. The summed E-state index contributed by atoms with van der Waals surface area (Å²) in [5, 5.41) is 11.7. The molecule has 1 amide bonds. The highest BCUT2D eigenvalue weighted by molar-refractivity contribution is 6.05. The van der Waals surface area contributed by atoms with Gasteiger partial charge in [-0.15, -0.1) is 0 Å². The molecule has 2 N–H and O–H groups in total. The topological polar surface area (TPSA) is 83.5 Å². The van der Waals surface area contributed by atoms with Crippen LogP contribution >= 0.6 is 0 Å².